The Morgan fingerprint density at radius 2 is 1.48 bits per heavy atom. The molecule has 0 fully saturated rings. The molecule has 0 bridgehead atoms. The van der Waals surface area contributed by atoms with Crippen LogP contribution in [0.1, 0.15) is 23.1 Å². The second-order valence-electron chi connectivity index (χ2n) is 6.29. The van der Waals surface area contributed by atoms with Gasteiger partial charge in [0.05, 0.1) is 6.10 Å². The molecule has 0 aliphatic heterocycles. The van der Waals surface area contributed by atoms with Gasteiger partial charge in [0.25, 0.3) is 0 Å². The average molecular weight is 305 g/mol. The molecule has 3 rings (SSSR count). The zero-order valence-corrected chi connectivity index (χ0v) is 13.7. The van der Waals surface area contributed by atoms with Crippen molar-refractivity contribution in [3.8, 4) is 0 Å². The van der Waals surface area contributed by atoms with Crippen molar-refractivity contribution in [2.24, 2.45) is 0 Å². The molecule has 0 amide bonds. The Morgan fingerprint density at radius 3 is 2.22 bits per heavy atom. The fraction of sp³-hybridized carbons (Fsp3) is 0.238. The van der Waals surface area contributed by atoms with E-state index in [1.54, 1.807) is 0 Å². The largest absolute Gasteiger partial charge is 0.388 e. The molecule has 2 nitrogen and oxygen atoms in total. The lowest BCUT2D eigenvalue weighted by Crippen LogP contribution is -2.25. The van der Waals surface area contributed by atoms with Crippen molar-refractivity contribution in [3.05, 3.63) is 83.9 Å². The minimum Gasteiger partial charge on any atom is -0.388 e. The molecule has 2 heteroatoms. The van der Waals surface area contributed by atoms with Crippen molar-refractivity contribution >= 4 is 10.8 Å². The van der Waals surface area contributed by atoms with E-state index in [9.17, 15) is 5.11 Å². The van der Waals surface area contributed by atoms with Crippen molar-refractivity contribution in [2.75, 3.05) is 20.6 Å². The van der Waals surface area contributed by atoms with Gasteiger partial charge in [-0.2, -0.15) is 0 Å². The summed E-state index contributed by atoms with van der Waals surface area (Å²) in [7, 11) is 4.10. The molecule has 0 heterocycles. The van der Waals surface area contributed by atoms with Crippen LogP contribution in [0.3, 0.4) is 0 Å². The third-order valence-corrected chi connectivity index (χ3v) is 4.31. The maximum Gasteiger partial charge on any atom is 0.0871 e. The standard InChI is InChI=1S/C21H23NO/c1-22(2)15-20(21(23)17-10-4-3-5-11-17)19-14-8-12-16-9-6-7-13-18(16)19/h3-14,20-21,23H,15H2,1-2H3/t20-,21?/m0/s1. The number of benzene rings is 3. The lowest BCUT2D eigenvalue weighted by Gasteiger charge is -2.28. The molecule has 2 atom stereocenters. The number of fused-ring (bicyclic) bond motifs is 1. The Labute approximate surface area is 138 Å². The molecule has 3 aromatic carbocycles. The molecular weight excluding hydrogens is 282 g/mol. The van der Waals surface area contributed by atoms with Crippen molar-refractivity contribution < 1.29 is 5.11 Å². The van der Waals surface area contributed by atoms with E-state index in [1.807, 2.05) is 30.3 Å². The lowest BCUT2D eigenvalue weighted by molar-refractivity contribution is 0.129. The number of rotatable bonds is 5. The summed E-state index contributed by atoms with van der Waals surface area (Å²) in [4.78, 5) is 2.14. The van der Waals surface area contributed by atoms with Crippen molar-refractivity contribution in [3.63, 3.8) is 0 Å². The summed E-state index contributed by atoms with van der Waals surface area (Å²) >= 11 is 0. The number of aliphatic hydroxyl groups excluding tert-OH is 1. The fourth-order valence-corrected chi connectivity index (χ4v) is 3.22. The van der Waals surface area contributed by atoms with Gasteiger partial charge in [-0.05, 0) is 36.0 Å². The molecular formula is C21H23NO. The van der Waals surface area contributed by atoms with E-state index in [-0.39, 0.29) is 5.92 Å². The highest BCUT2D eigenvalue weighted by Crippen LogP contribution is 2.35. The second kappa shape index (κ2) is 6.95. The number of hydrogen-bond acceptors (Lipinski definition) is 2. The molecule has 3 aromatic rings. The zero-order chi connectivity index (χ0) is 16.2. The number of aliphatic hydroxyl groups is 1. The van der Waals surface area contributed by atoms with Gasteiger partial charge in [-0.3, -0.25) is 0 Å². The van der Waals surface area contributed by atoms with Crippen LogP contribution in [-0.4, -0.2) is 30.6 Å². The molecule has 0 radical (unpaired) electrons. The third kappa shape index (κ3) is 3.44. The number of nitrogens with zero attached hydrogens (tertiary/aromatic N) is 1. The summed E-state index contributed by atoms with van der Waals surface area (Å²) in [5.41, 5.74) is 2.17. The summed E-state index contributed by atoms with van der Waals surface area (Å²) < 4.78 is 0. The Bertz CT molecular complexity index is 762. The van der Waals surface area contributed by atoms with Crippen molar-refractivity contribution in [1.82, 2.24) is 4.90 Å². The van der Waals surface area contributed by atoms with Crippen LogP contribution in [0.15, 0.2) is 72.8 Å². The van der Waals surface area contributed by atoms with Gasteiger partial charge in [-0.15, -0.1) is 0 Å². The first-order valence-corrected chi connectivity index (χ1v) is 8.02. The predicted molar refractivity (Wildman–Crippen MR) is 96.6 cm³/mol. The molecule has 0 aliphatic rings. The normalized spacial score (nSPS) is 14.1. The maximum atomic E-state index is 11.0. The van der Waals surface area contributed by atoms with Gasteiger partial charge in [0.2, 0.25) is 0 Å². The van der Waals surface area contributed by atoms with Crippen molar-refractivity contribution in [2.45, 2.75) is 12.0 Å². The van der Waals surface area contributed by atoms with Gasteiger partial charge in [0.15, 0.2) is 0 Å². The van der Waals surface area contributed by atoms with Gasteiger partial charge in [0, 0.05) is 12.5 Å². The molecule has 0 saturated carbocycles. The minimum atomic E-state index is -0.524. The second-order valence-corrected chi connectivity index (χ2v) is 6.29. The van der Waals surface area contributed by atoms with Crippen LogP contribution >= 0.6 is 0 Å². The monoisotopic (exact) mass is 305 g/mol. The maximum absolute atomic E-state index is 11.0. The Kier molecular flexibility index (Phi) is 4.75. The Balaban J connectivity index is 2.08. The van der Waals surface area contributed by atoms with Gasteiger partial charge >= 0.3 is 0 Å². The van der Waals surface area contributed by atoms with Gasteiger partial charge in [0.1, 0.15) is 0 Å². The summed E-state index contributed by atoms with van der Waals surface area (Å²) in [5.74, 6) is 0.0264. The summed E-state index contributed by atoms with van der Waals surface area (Å²) in [6.45, 7) is 0.796. The number of hydrogen-bond donors (Lipinski definition) is 1. The van der Waals surface area contributed by atoms with Crippen LogP contribution in [0.5, 0.6) is 0 Å². The highest BCUT2D eigenvalue weighted by atomic mass is 16.3. The van der Waals surface area contributed by atoms with E-state index in [1.165, 1.54) is 16.3 Å². The van der Waals surface area contributed by atoms with Crippen LogP contribution in [-0.2, 0) is 0 Å². The summed E-state index contributed by atoms with van der Waals surface area (Å²) in [6, 6.07) is 24.7. The first kappa shape index (κ1) is 15.7. The molecule has 0 aromatic heterocycles. The third-order valence-electron chi connectivity index (χ3n) is 4.31. The van der Waals surface area contributed by atoms with Crippen LogP contribution in [0.2, 0.25) is 0 Å². The Morgan fingerprint density at radius 1 is 0.826 bits per heavy atom. The van der Waals surface area contributed by atoms with E-state index in [0.29, 0.717) is 0 Å². The van der Waals surface area contributed by atoms with E-state index in [4.69, 9.17) is 0 Å². The molecule has 1 N–H and O–H groups in total. The van der Waals surface area contributed by atoms with Gasteiger partial charge < -0.3 is 10.0 Å². The summed E-state index contributed by atoms with van der Waals surface area (Å²) in [6.07, 6.45) is -0.524. The zero-order valence-electron chi connectivity index (χ0n) is 13.7. The van der Waals surface area contributed by atoms with E-state index < -0.39 is 6.10 Å². The molecule has 23 heavy (non-hydrogen) atoms. The topological polar surface area (TPSA) is 23.5 Å². The predicted octanol–water partition coefficient (Wildman–Crippen LogP) is 4.22. The van der Waals surface area contributed by atoms with Gasteiger partial charge in [-0.25, -0.2) is 0 Å². The smallest absolute Gasteiger partial charge is 0.0871 e. The van der Waals surface area contributed by atoms with E-state index in [2.05, 4.69) is 61.5 Å². The summed E-state index contributed by atoms with van der Waals surface area (Å²) in [5, 5.41) is 13.5. The molecule has 0 spiro atoms. The first-order valence-electron chi connectivity index (χ1n) is 8.02. The highest BCUT2D eigenvalue weighted by molar-refractivity contribution is 5.86. The molecule has 118 valence electrons. The quantitative estimate of drug-likeness (QED) is 0.763. The SMILES string of the molecule is CN(C)C[C@@H](c1cccc2ccccc12)C(O)c1ccccc1. The molecule has 0 aliphatic carbocycles. The highest BCUT2D eigenvalue weighted by Gasteiger charge is 2.24. The number of likely N-dealkylation sites (N-methyl/N-ethyl adjacent to an activating group) is 1. The first-order chi connectivity index (χ1) is 11.2. The van der Waals surface area contributed by atoms with Crippen molar-refractivity contribution in [1.29, 1.82) is 0 Å². The van der Waals surface area contributed by atoms with Crippen LogP contribution in [0.25, 0.3) is 10.8 Å². The average Bonchev–Trinajstić information content (AvgIpc) is 2.59. The van der Waals surface area contributed by atoms with Crippen LogP contribution in [0.4, 0.5) is 0 Å². The lowest BCUT2D eigenvalue weighted by atomic mass is 9.86. The minimum absolute atomic E-state index is 0.0264. The fourth-order valence-electron chi connectivity index (χ4n) is 3.22. The van der Waals surface area contributed by atoms with Crippen LogP contribution < -0.4 is 0 Å². The Hall–Kier alpha value is -2.16. The molecule has 0 saturated heterocycles. The van der Waals surface area contributed by atoms with Crippen LogP contribution in [0, 0.1) is 0 Å². The molecule has 1 unspecified atom stereocenters. The van der Waals surface area contributed by atoms with Gasteiger partial charge in [-0.1, -0.05) is 72.8 Å². The van der Waals surface area contributed by atoms with E-state index in [0.717, 1.165) is 12.1 Å². The van der Waals surface area contributed by atoms with E-state index >= 15 is 0 Å².